The molecule has 2 amide bonds. The van der Waals surface area contributed by atoms with Crippen LogP contribution in [-0.2, 0) is 6.18 Å². The lowest BCUT2D eigenvalue weighted by molar-refractivity contribution is -0.138. The number of fused-ring (bicyclic) bond motifs is 1. The highest BCUT2D eigenvalue weighted by Crippen LogP contribution is 2.35. The molecule has 0 saturated heterocycles. The van der Waals surface area contributed by atoms with Crippen molar-refractivity contribution in [1.82, 2.24) is 14.8 Å². The summed E-state index contributed by atoms with van der Waals surface area (Å²) in [5.41, 5.74) is 5.69. The molecule has 1 aliphatic heterocycles. The number of alkyl halides is 3. The average Bonchev–Trinajstić information content (AvgIpc) is 3.14. The van der Waals surface area contributed by atoms with Crippen LogP contribution >= 0.6 is 13.5 Å². The molecule has 8 nitrogen and oxygen atoms in total. The van der Waals surface area contributed by atoms with Gasteiger partial charge in [-0.3, -0.25) is 14.3 Å². The quantitative estimate of drug-likeness (QED) is 0.596. The van der Waals surface area contributed by atoms with Crippen LogP contribution in [0, 0.1) is 6.92 Å². The molecule has 0 saturated carbocycles. The first kappa shape index (κ1) is 24.1. The number of carbonyl (C=O) groups excluding carboxylic acids is 2. The first-order chi connectivity index (χ1) is 15.1. The number of benzene rings is 1. The molecule has 0 radical (unpaired) electrons. The Labute approximate surface area is 194 Å². The lowest BCUT2D eigenvalue weighted by Crippen LogP contribution is -2.43. The summed E-state index contributed by atoms with van der Waals surface area (Å²) in [5, 5.41) is 6.86. The second kappa shape index (κ2) is 8.77. The third-order valence-electron chi connectivity index (χ3n) is 5.23. The van der Waals surface area contributed by atoms with Crippen molar-refractivity contribution in [2.75, 3.05) is 22.5 Å². The maximum atomic E-state index is 13.3. The first-order valence-corrected chi connectivity index (χ1v) is 9.66. The molecule has 3 aromatic rings. The monoisotopic (exact) mass is 478 g/mol. The SMILES string of the molecule is Cc1cc(N2C[C@H](C)n3ncc(NC(=O)c4ccc(N)nc4)c3C2=O)ccc1C(F)(F)F.S. The number of hydrogen-bond donors (Lipinski definition) is 2. The molecule has 0 aliphatic carbocycles. The Morgan fingerprint density at radius 1 is 1.21 bits per heavy atom. The highest BCUT2D eigenvalue weighted by molar-refractivity contribution is 7.59. The predicted molar refractivity (Wildman–Crippen MR) is 122 cm³/mol. The van der Waals surface area contributed by atoms with Gasteiger partial charge in [-0.15, -0.1) is 0 Å². The van der Waals surface area contributed by atoms with E-state index >= 15 is 0 Å². The van der Waals surface area contributed by atoms with E-state index in [1.54, 1.807) is 0 Å². The Kier molecular flexibility index (Phi) is 6.41. The molecule has 12 heteroatoms. The van der Waals surface area contributed by atoms with Gasteiger partial charge in [-0.05, 0) is 49.7 Å². The summed E-state index contributed by atoms with van der Waals surface area (Å²) >= 11 is 0. The van der Waals surface area contributed by atoms with E-state index in [1.807, 2.05) is 6.92 Å². The highest BCUT2D eigenvalue weighted by Gasteiger charge is 2.36. The Bertz CT molecular complexity index is 1210. The van der Waals surface area contributed by atoms with Crippen molar-refractivity contribution >= 4 is 42.5 Å². The van der Waals surface area contributed by atoms with Gasteiger partial charge in [0.1, 0.15) is 5.82 Å². The lowest BCUT2D eigenvalue weighted by atomic mass is 10.1. The summed E-state index contributed by atoms with van der Waals surface area (Å²) < 4.78 is 40.8. The minimum Gasteiger partial charge on any atom is -0.384 e. The zero-order chi connectivity index (χ0) is 23.2. The van der Waals surface area contributed by atoms with Crippen LogP contribution in [0.3, 0.4) is 0 Å². The molecule has 0 bridgehead atoms. The lowest BCUT2D eigenvalue weighted by Gasteiger charge is -2.32. The number of nitrogen functional groups attached to an aromatic ring is 1. The van der Waals surface area contributed by atoms with Gasteiger partial charge in [0.25, 0.3) is 11.8 Å². The number of halogens is 3. The van der Waals surface area contributed by atoms with Crippen LogP contribution in [0.4, 0.5) is 30.4 Å². The normalized spacial score (nSPS) is 15.6. The number of amides is 2. The molecule has 3 N–H and O–H groups in total. The van der Waals surface area contributed by atoms with Gasteiger partial charge >= 0.3 is 6.18 Å². The number of nitrogens with two attached hydrogens (primary N) is 1. The van der Waals surface area contributed by atoms with E-state index in [9.17, 15) is 22.8 Å². The Hall–Kier alpha value is -3.54. The maximum absolute atomic E-state index is 13.3. The molecular weight excluding hydrogens is 457 g/mol. The molecular formula is C21H21F3N6O2S. The van der Waals surface area contributed by atoms with Gasteiger partial charge in [-0.2, -0.15) is 31.8 Å². The van der Waals surface area contributed by atoms with Crippen molar-refractivity contribution in [2.45, 2.75) is 26.1 Å². The summed E-state index contributed by atoms with van der Waals surface area (Å²) in [6.45, 7) is 3.39. The number of aryl methyl sites for hydroxylation is 1. The first-order valence-electron chi connectivity index (χ1n) is 9.66. The molecule has 0 fully saturated rings. The second-order valence-corrected chi connectivity index (χ2v) is 7.54. The van der Waals surface area contributed by atoms with E-state index in [2.05, 4.69) is 15.4 Å². The molecule has 1 atom stereocenters. The standard InChI is InChI=1S/C21H19F3N6O2.H2S/c1-11-7-14(4-5-15(11)21(22,23)24)29-10-12(2)30-18(20(29)32)16(9-27-30)28-19(31)13-3-6-17(25)26-8-13;/h3-9,12H,10H2,1-2H3,(H2,25,26)(H,28,31);1H2/t12-;/m0./s1. The predicted octanol–water partition coefficient (Wildman–Crippen LogP) is 3.77. The zero-order valence-corrected chi connectivity index (χ0v) is 18.6. The molecule has 0 unspecified atom stereocenters. The smallest absolute Gasteiger partial charge is 0.384 e. The van der Waals surface area contributed by atoms with Gasteiger partial charge < -0.3 is 16.0 Å². The van der Waals surface area contributed by atoms with Gasteiger partial charge in [0.05, 0.1) is 29.1 Å². The average molecular weight is 479 g/mol. The minimum atomic E-state index is -4.48. The van der Waals surface area contributed by atoms with Crippen LogP contribution in [0.15, 0.2) is 42.7 Å². The van der Waals surface area contributed by atoms with Crippen molar-refractivity contribution in [3.05, 3.63) is 65.1 Å². The summed E-state index contributed by atoms with van der Waals surface area (Å²) in [6, 6.07) is 6.27. The van der Waals surface area contributed by atoms with Gasteiger partial charge in [0.2, 0.25) is 0 Å². The fourth-order valence-corrected chi connectivity index (χ4v) is 3.64. The number of carbonyl (C=O) groups is 2. The maximum Gasteiger partial charge on any atom is 0.416 e. The van der Waals surface area contributed by atoms with Crippen molar-refractivity contribution in [1.29, 1.82) is 0 Å². The second-order valence-electron chi connectivity index (χ2n) is 7.54. The third kappa shape index (κ3) is 4.51. The highest BCUT2D eigenvalue weighted by atomic mass is 32.1. The number of hydrogen-bond acceptors (Lipinski definition) is 5. The van der Waals surface area contributed by atoms with Gasteiger partial charge in [0.15, 0.2) is 5.69 Å². The Morgan fingerprint density at radius 3 is 2.55 bits per heavy atom. The van der Waals surface area contributed by atoms with Gasteiger partial charge in [0, 0.05) is 18.4 Å². The zero-order valence-electron chi connectivity index (χ0n) is 17.6. The summed E-state index contributed by atoms with van der Waals surface area (Å²) in [5.74, 6) is -0.724. The van der Waals surface area contributed by atoms with E-state index in [-0.39, 0.29) is 54.4 Å². The number of pyridine rings is 1. The van der Waals surface area contributed by atoms with Crippen molar-refractivity contribution in [3.8, 4) is 0 Å². The largest absolute Gasteiger partial charge is 0.416 e. The number of rotatable bonds is 3. The van der Waals surface area contributed by atoms with Crippen LogP contribution in [0.1, 0.15) is 44.9 Å². The van der Waals surface area contributed by atoms with Crippen LogP contribution in [0.2, 0.25) is 0 Å². The van der Waals surface area contributed by atoms with Crippen molar-refractivity contribution in [3.63, 3.8) is 0 Å². The summed E-state index contributed by atoms with van der Waals surface area (Å²) in [4.78, 5) is 31.1. The van der Waals surface area contributed by atoms with E-state index in [1.165, 1.54) is 53.2 Å². The van der Waals surface area contributed by atoms with Gasteiger partial charge in [-0.25, -0.2) is 4.98 Å². The molecule has 3 heterocycles. The van der Waals surface area contributed by atoms with E-state index in [4.69, 9.17) is 5.73 Å². The van der Waals surface area contributed by atoms with Crippen LogP contribution in [0.5, 0.6) is 0 Å². The van der Waals surface area contributed by atoms with E-state index in [0.717, 1.165) is 6.07 Å². The fourth-order valence-electron chi connectivity index (χ4n) is 3.64. The number of nitrogens with one attached hydrogen (secondary N) is 1. The number of nitrogens with zero attached hydrogens (tertiary/aromatic N) is 4. The van der Waals surface area contributed by atoms with Gasteiger partial charge in [-0.1, -0.05) is 0 Å². The van der Waals surface area contributed by atoms with E-state index in [0.29, 0.717) is 5.69 Å². The Morgan fingerprint density at radius 2 is 1.94 bits per heavy atom. The molecule has 33 heavy (non-hydrogen) atoms. The number of aromatic nitrogens is 3. The van der Waals surface area contributed by atoms with E-state index < -0.39 is 23.6 Å². The molecule has 174 valence electrons. The Balaban J connectivity index is 0.00000306. The fraction of sp³-hybridized carbons (Fsp3) is 0.238. The molecule has 2 aromatic heterocycles. The van der Waals surface area contributed by atoms with Crippen LogP contribution < -0.4 is 16.0 Å². The van der Waals surface area contributed by atoms with Crippen molar-refractivity contribution < 1.29 is 22.8 Å². The molecule has 1 aliphatic rings. The summed E-state index contributed by atoms with van der Waals surface area (Å²) in [7, 11) is 0. The summed E-state index contributed by atoms with van der Waals surface area (Å²) in [6.07, 6.45) is -1.80. The topological polar surface area (TPSA) is 106 Å². The van der Waals surface area contributed by atoms with Crippen molar-refractivity contribution in [2.24, 2.45) is 0 Å². The minimum absolute atomic E-state index is 0. The van der Waals surface area contributed by atoms with Crippen LogP contribution in [0.25, 0.3) is 0 Å². The number of anilines is 3. The molecule has 1 aromatic carbocycles. The van der Waals surface area contributed by atoms with Crippen LogP contribution in [-0.4, -0.2) is 33.1 Å². The molecule has 4 rings (SSSR count). The molecule has 0 spiro atoms. The third-order valence-corrected chi connectivity index (χ3v) is 5.23.